The Bertz CT molecular complexity index is 495. The molecular weight excluding hydrogens is 264 g/mol. The molecule has 1 fully saturated rings. The molecule has 1 aromatic heterocycles. The van der Waals surface area contributed by atoms with E-state index in [0.29, 0.717) is 22.6 Å². The van der Waals surface area contributed by atoms with Gasteiger partial charge in [0.25, 0.3) is 5.91 Å². The summed E-state index contributed by atoms with van der Waals surface area (Å²) < 4.78 is 0. The van der Waals surface area contributed by atoms with Gasteiger partial charge in [-0.25, -0.2) is 0 Å². The van der Waals surface area contributed by atoms with Gasteiger partial charge in [-0.3, -0.25) is 15.6 Å². The number of carbonyl (C=O) groups excluding carboxylic acids is 1. The van der Waals surface area contributed by atoms with Gasteiger partial charge in [-0.2, -0.15) is 0 Å². The number of hydrogen-bond donors (Lipinski definition) is 2. The zero-order valence-electron chi connectivity index (χ0n) is 13.2. The van der Waals surface area contributed by atoms with E-state index in [4.69, 9.17) is 5.84 Å². The summed E-state index contributed by atoms with van der Waals surface area (Å²) in [6.07, 6.45) is 6.52. The lowest BCUT2D eigenvalue weighted by atomic mass is 9.77. The molecule has 2 rings (SSSR count). The van der Waals surface area contributed by atoms with Crippen molar-refractivity contribution in [2.45, 2.75) is 40.0 Å². The van der Waals surface area contributed by atoms with Crippen LogP contribution >= 0.6 is 0 Å². The van der Waals surface area contributed by atoms with E-state index in [0.717, 1.165) is 25.9 Å². The molecule has 0 spiro atoms. The molecule has 5 heteroatoms. The molecule has 21 heavy (non-hydrogen) atoms. The monoisotopic (exact) mass is 290 g/mol. The van der Waals surface area contributed by atoms with Crippen molar-refractivity contribution < 1.29 is 4.79 Å². The van der Waals surface area contributed by atoms with Crippen molar-refractivity contribution in [1.82, 2.24) is 9.88 Å². The maximum absolute atomic E-state index is 12.7. The van der Waals surface area contributed by atoms with Crippen LogP contribution in [0, 0.1) is 11.3 Å². The fraction of sp³-hybridized carbons (Fsp3) is 0.625. The van der Waals surface area contributed by atoms with Crippen molar-refractivity contribution in [2.24, 2.45) is 17.2 Å². The van der Waals surface area contributed by atoms with Crippen LogP contribution in [0.15, 0.2) is 18.5 Å². The van der Waals surface area contributed by atoms with Gasteiger partial charge >= 0.3 is 0 Å². The Morgan fingerprint density at radius 1 is 1.38 bits per heavy atom. The third kappa shape index (κ3) is 3.73. The lowest BCUT2D eigenvalue weighted by molar-refractivity contribution is 0.0756. The molecule has 0 aliphatic carbocycles. The molecule has 1 unspecified atom stereocenters. The fourth-order valence-electron chi connectivity index (χ4n) is 3.03. The van der Waals surface area contributed by atoms with E-state index in [2.05, 4.69) is 31.2 Å². The molecule has 0 saturated carbocycles. The van der Waals surface area contributed by atoms with Crippen molar-refractivity contribution in [3.8, 4) is 0 Å². The van der Waals surface area contributed by atoms with E-state index < -0.39 is 0 Å². The molecule has 116 valence electrons. The van der Waals surface area contributed by atoms with Crippen LogP contribution in [-0.4, -0.2) is 28.9 Å². The first-order valence-corrected chi connectivity index (χ1v) is 7.63. The highest BCUT2D eigenvalue weighted by molar-refractivity contribution is 5.99. The minimum Gasteiger partial charge on any atom is -0.339 e. The Labute approximate surface area is 126 Å². The van der Waals surface area contributed by atoms with Crippen LogP contribution in [0.4, 0.5) is 5.69 Å². The van der Waals surface area contributed by atoms with Crippen LogP contribution in [-0.2, 0) is 0 Å². The molecule has 1 aromatic rings. The normalized spacial score (nSPS) is 20.0. The van der Waals surface area contributed by atoms with Crippen molar-refractivity contribution in [1.29, 1.82) is 0 Å². The molecule has 0 bridgehead atoms. The van der Waals surface area contributed by atoms with E-state index in [1.807, 2.05) is 4.90 Å². The molecule has 0 aromatic carbocycles. The predicted octanol–water partition coefficient (Wildman–Crippen LogP) is 2.66. The predicted molar refractivity (Wildman–Crippen MR) is 84.7 cm³/mol. The first-order chi connectivity index (χ1) is 9.93. The van der Waals surface area contributed by atoms with E-state index in [-0.39, 0.29) is 5.91 Å². The van der Waals surface area contributed by atoms with Gasteiger partial charge in [0.1, 0.15) is 0 Å². The maximum atomic E-state index is 12.7. The van der Waals surface area contributed by atoms with E-state index in [1.54, 1.807) is 18.5 Å². The first-order valence-electron chi connectivity index (χ1n) is 7.63. The lowest BCUT2D eigenvalue weighted by Gasteiger charge is -2.29. The van der Waals surface area contributed by atoms with E-state index in [1.165, 1.54) is 6.42 Å². The number of aromatic nitrogens is 1. The number of nitrogens with two attached hydrogens (primary N) is 1. The van der Waals surface area contributed by atoms with Gasteiger partial charge in [-0.15, -0.1) is 0 Å². The Balaban J connectivity index is 2.10. The summed E-state index contributed by atoms with van der Waals surface area (Å²) >= 11 is 0. The smallest absolute Gasteiger partial charge is 0.256 e. The Kier molecular flexibility index (Phi) is 4.83. The summed E-state index contributed by atoms with van der Waals surface area (Å²) in [6.45, 7) is 8.49. The summed E-state index contributed by atoms with van der Waals surface area (Å²) in [4.78, 5) is 18.6. The number of amides is 1. The van der Waals surface area contributed by atoms with Crippen molar-refractivity contribution in [3.63, 3.8) is 0 Å². The van der Waals surface area contributed by atoms with Gasteiger partial charge in [0.05, 0.1) is 17.4 Å². The highest BCUT2D eigenvalue weighted by atomic mass is 16.2. The number of rotatable bonds is 2. The van der Waals surface area contributed by atoms with E-state index >= 15 is 0 Å². The highest BCUT2D eigenvalue weighted by Gasteiger charge is 2.29. The highest BCUT2D eigenvalue weighted by Crippen LogP contribution is 2.34. The second-order valence-corrected chi connectivity index (χ2v) is 6.85. The second kappa shape index (κ2) is 6.43. The molecule has 0 radical (unpaired) electrons. The SMILES string of the molecule is CC(C)(C)C1CCCN(C(=O)c2ccncc2NN)CC1. The Morgan fingerprint density at radius 3 is 2.81 bits per heavy atom. The second-order valence-electron chi connectivity index (χ2n) is 6.85. The van der Waals surface area contributed by atoms with Gasteiger partial charge < -0.3 is 10.3 Å². The third-order valence-electron chi connectivity index (χ3n) is 4.45. The zero-order valence-corrected chi connectivity index (χ0v) is 13.2. The van der Waals surface area contributed by atoms with Gasteiger partial charge in [0.15, 0.2) is 0 Å². The summed E-state index contributed by atoms with van der Waals surface area (Å²) in [6, 6.07) is 1.73. The minimum atomic E-state index is 0.0416. The number of pyridine rings is 1. The number of anilines is 1. The average molecular weight is 290 g/mol. The lowest BCUT2D eigenvalue weighted by Crippen LogP contribution is -2.33. The van der Waals surface area contributed by atoms with Crippen molar-refractivity contribution >= 4 is 11.6 Å². The number of hydrogen-bond acceptors (Lipinski definition) is 4. The van der Waals surface area contributed by atoms with Crippen LogP contribution in [0.2, 0.25) is 0 Å². The molecular formula is C16H26N4O. The molecule has 1 aliphatic rings. The quantitative estimate of drug-likeness (QED) is 0.649. The number of carbonyl (C=O) groups is 1. The number of hydrazine groups is 1. The summed E-state index contributed by atoms with van der Waals surface area (Å²) in [5.41, 5.74) is 4.04. The largest absolute Gasteiger partial charge is 0.339 e. The maximum Gasteiger partial charge on any atom is 0.256 e. The van der Waals surface area contributed by atoms with Crippen molar-refractivity contribution in [2.75, 3.05) is 18.5 Å². The third-order valence-corrected chi connectivity index (χ3v) is 4.45. The first kappa shape index (κ1) is 15.8. The van der Waals surface area contributed by atoms with Crippen LogP contribution in [0.5, 0.6) is 0 Å². The van der Waals surface area contributed by atoms with Crippen molar-refractivity contribution in [3.05, 3.63) is 24.0 Å². The van der Waals surface area contributed by atoms with Crippen LogP contribution in [0.1, 0.15) is 50.4 Å². The van der Waals surface area contributed by atoms with Crippen LogP contribution in [0.3, 0.4) is 0 Å². The number of nitrogen functional groups attached to an aromatic ring is 1. The molecule has 1 saturated heterocycles. The summed E-state index contributed by atoms with van der Waals surface area (Å²) in [7, 11) is 0. The minimum absolute atomic E-state index is 0.0416. The van der Waals surface area contributed by atoms with Crippen LogP contribution in [0.25, 0.3) is 0 Å². The standard InChI is InChI=1S/C16H26N4O/c1-16(2,3)12-5-4-9-20(10-7-12)15(21)13-6-8-18-11-14(13)19-17/h6,8,11-12,19H,4-5,7,9-10,17H2,1-3H3. The number of nitrogens with zero attached hydrogens (tertiary/aromatic N) is 2. The summed E-state index contributed by atoms with van der Waals surface area (Å²) in [5, 5.41) is 0. The average Bonchev–Trinajstić information content (AvgIpc) is 2.72. The van der Waals surface area contributed by atoms with Gasteiger partial charge in [0.2, 0.25) is 0 Å². The molecule has 1 amide bonds. The van der Waals surface area contributed by atoms with Crippen LogP contribution < -0.4 is 11.3 Å². The van der Waals surface area contributed by atoms with Gasteiger partial charge in [-0.1, -0.05) is 20.8 Å². The molecule has 1 aliphatic heterocycles. The van der Waals surface area contributed by atoms with Gasteiger partial charge in [0, 0.05) is 19.3 Å². The molecule has 3 N–H and O–H groups in total. The molecule has 2 heterocycles. The Hall–Kier alpha value is -1.62. The summed E-state index contributed by atoms with van der Waals surface area (Å²) in [5.74, 6) is 6.18. The topological polar surface area (TPSA) is 71.2 Å². The zero-order chi connectivity index (χ0) is 15.5. The number of nitrogens with one attached hydrogen (secondary N) is 1. The Morgan fingerprint density at radius 2 is 2.14 bits per heavy atom. The van der Waals surface area contributed by atoms with E-state index in [9.17, 15) is 4.79 Å². The number of likely N-dealkylation sites (tertiary alicyclic amines) is 1. The fourth-order valence-corrected chi connectivity index (χ4v) is 3.03. The van der Waals surface area contributed by atoms with Gasteiger partial charge in [-0.05, 0) is 36.7 Å². The molecule has 1 atom stereocenters. The molecule has 5 nitrogen and oxygen atoms in total.